The van der Waals surface area contributed by atoms with Gasteiger partial charge in [-0.1, -0.05) is 23.8 Å². The number of H-pyrrole nitrogens is 1. The third-order valence-corrected chi connectivity index (χ3v) is 3.79. The highest BCUT2D eigenvalue weighted by Crippen LogP contribution is 2.39. The van der Waals surface area contributed by atoms with E-state index in [9.17, 15) is 4.79 Å². The van der Waals surface area contributed by atoms with Gasteiger partial charge in [0.25, 0.3) is 0 Å². The van der Waals surface area contributed by atoms with E-state index in [1.807, 2.05) is 6.92 Å². The number of anilines is 1. The topological polar surface area (TPSA) is 57.8 Å². The monoisotopic (exact) mass is 255 g/mol. The molecule has 2 N–H and O–H groups in total. The van der Waals surface area contributed by atoms with Gasteiger partial charge in [0.2, 0.25) is 5.91 Å². The summed E-state index contributed by atoms with van der Waals surface area (Å²) < 4.78 is 0. The van der Waals surface area contributed by atoms with E-state index in [0.717, 1.165) is 11.3 Å². The van der Waals surface area contributed by atoms with Crippen molar-refractivity contribution in [2.24, 2.45) is 0 Å². The zero-order valence-electron chi connectivity index (χ0n) is 11.4. The summed E-state index contributed by atoms with van der Waals surface area (Å²) >= 11 is 0. The summed E-state index contributed by atoms with van der Waals surface area (Å²) in [7, 11) is 0. The number of fused-ring (bicyclic) bond motifs is 1. The molecule has 0 radical (unpaired) electrons. The Kier molecular flexibility index (Phi) is 2.66. The molecule has 1 amide bonds. The molecule has 0 saturated heterocycles. The maximum Gasteiger partial charge on any atom is 0.226 e. The molecule has 1 atom stereocenters. The molecule has 19 heavy (non-hydrogen) atoms. The van der Waals surface area contributed by atoms with Crippen molar-refractivity contribution in [1.82, 2.24) is 10.2 Å². The Hall–Kier alpha value is -2.10. The van der Waals surface area contributed by atoms with Crippen LogP contribution in [0.5, 0.6) is 0 Å². The third-order valence-electron chi connectivity index (χ3n) is 3.79. The molecule has 0 unspecified atom stereocenters. The van der Waals surface area contributed by atoms with E-state index in [1.165, 1.54) is 16.7 Å². The van der Waals surface area contributed by atoms with Gasteiger partial charge in [-0.2, -0.15) is 5.10 Å². The number of carbonyl (C=O) groups is 1. The molecule has 4 heteroatoms. The van der Waals surface area contributed by atoms with Gasteiger partial charge in [-0.15, -0.1) is 0 Å². The lowest BCUT2D eigenvalue weighted by Gasteiger charge is -2.24. The highest BCUT2D eigenvalue weighted by atomic mass is 16.1. The molecule has 2 aromatic rings. The Morgan fingerprint density at radius 2 is 2.05 bits per heavy atom. The lowest BCUT2D eigenvalue weighted by molar-refractivity contribution is -0.116. The van der Waals surface area contributed by atoms with Gasteiger partial charge in [0, 0.05) is 23.6 Å². The summed E-state index contributed by atoms with van der Waals surface area (Å²) in [5.74, 6) is 0.811. The zero-order valence-corrected chi connectivity index (χ0v) is 11.4. The summed E-state index contributed by atoms with van der Waals surface area (Å²) in [5.41, 5.74) is 5.83. The fraction of sp³-hybridized carbons (Fsp3) is 0.333. The minimum Gasteiger partial charge on any atom is -0.309 e. The number of aromatic nitrogens is 2. The quantitative estimate of drug-likeness (QED) is 0.823. The molecule has 0 saturated carbocycles. The summed E-state index contributed by atoms with van der Waals surface area (Å²) in [6, 6.07) is 6.39. The maximum atomic E-state index is 11.8. The minimum atomic E-state index is 0.0315. The summed E-state index contributed by atoms with van der Waals surface area (Å²) in [5, 5.41) is 9.97. The van der Waals surface area contributed by atoms with Crippen LogP contribution in [0.1, 0.15) is 40.3 Å². The van der Waals surface area contributed by atoms with E-state index in [0.29, 0.717) is 12.2 Å². The van der Waals surface area contributed by atoms with Gasteiger partial charge >= 0.3 is 0 Å². The predicted molar refractivity (Wildman–Crippen MR) is 74.3 cm³/mol. The second-order valence-electron chi connectivity index (χ2n) is 5.28. The molecule has 3 rings (SSSR count). The molecule has 2 heterocycles. The number of nitrogens with zero attached hydrogens (tertiary/aromatic N) is 1. The van der Waals surface area contributed by atoms with Crippen molar-refractivity contribution in [3.8, 4) is 0 Å². The molecule has 0 bridgehead atoms. The molecule has 1 aliphatic rings. The van der Waals surface area contributed by atoms with E-state index in [4.69, 9.17) is 0 Å². The van der Waals surface area contributed by atoms with Crippen LogP contribution >= 0.6 is 0 Å². The van der Waals surface area contributed by atoms with Crippen LogP contribution < -0.4 is 5.32 Å². The predicted octanol–water partition coefficient (Wildman–Crippen LogP) is 2.81. The van der Waals surface area contributed by atoms with Crippen LogP contribution in [-0.2, 0) is 4.79 Å². The molecular weight excluding hydrogens is 238 g/mol. The van der Waals surface area contributed by atoms with Gasteiger partial charge in [-0.05, 0) is 31.9 Å². The Bertz CT molecular complexity index is 657. The first-order valence-corrected chi connectivity index (χ1v) is 6.48. The number of hydrogen-bond acceptors (Lipinski definition) is 2. The smallest absolute Gasteiger partial charge is 0.226 e. The molecular formula is C15H17N3O. The van der Waals surface area contributed by atoms with Crippen LogP contribution in [0.15, 0.2) is 18.2 Å². The highest BCUT2D eigenvalue weighted by Gasteiger charge is 2.31. The fourth-order valence-corrected chi connectivity index (χ4v) is 2.91. The van der Waals surface area contributed by atoms with Crippen molar-refractivity contribution in [1.29, 1.82) is 0 Å². The normalized spacial score (nSPS) is 18.1. The van der Waals surface area contributed by atoms with Gasteiger partial charge in [0.15, 0.2) is 5.82 Å². The number of hydrogen-bond donors (Lipinski definition) is 2. The summed E-state index contributed by atoms with van der Waals surface area (Å²) in [4.78, 5) is 11.8. The molecule has 0 spiro atoms. The highest BCUT2D eigenvalue weighted by molar-refractivity contribution is 5.94. The van der Waals surface area contributed by atoms with E-state index >= 15 is 0 Å². The van der Waals surface area contributed by atoms with E-state index in [2.05, 4.69) is 47.6 Å². The van der Waals surface area contributed by atoms with E-state index < -0.39 is 0 Å². The average molecular weight is 255 g/mol. The number of nitrogens with one attached hydrogen (secondary N) is 2. The van der Waals surface area contributed by atoms with Crippen molar-refractivity contribution < 1.29 is 4.79 Å². The first-order valence-electron chi connectivity index (χ1n) is 6.48. The van der Waals surface area contributed by atoms with Crippen molar-refractivity contribution in [2.45, 2.75) is 33.1 Å². The van der Waals surface area contributed by atoms with Crippen molar-refractivity contribution in [2.75, 3.05) is 5.32 Å². The van der Waals surface area contributed by atoms with E-state index in [-0.39, 0.29) is 11.8 Å². The van der Waals surface area contributed by atoms with Gasteiger partial charge in [0.1, 0.15) is 0 Å². The average Bonchev–Trinajstić information content (AvgIpc) is 2.70. The van der Waals surface area contributed by atoms with Crippen molar-refractivity contribution >= 4 is 11.7 Å². The van der Waals surface area contributed by atoms with E-state index in [1.54, 1.807) is 0 Å². The lowest BCUT2D eigenvalue weighted by atomic mass is 9.83. The standard InChI is InChI=1S/C15H17N3O/c1-8-4-5-11(9(2)6-8)12-7-13(19)16-15-14(12)10(3)17-18-15/h4-6,12H,7H2,1-3H3,(H2,16,17,18,19)/t12-/m1/s1. The molecule has 4 nitrogen and oxygen atoms in total. The number of aromatic amines is 1. The minimum absolute atomic E-state index is 0.0315. The zero-order chi connectivity index (χ0) is 13.6. The van der Waals surface area contributed by atoms with Crippen LogP contribution in [0.4, 0.5) is 5.82 Å². The molecule has 1 aliphatic heterocycles. The molecule has 1 aromatic carbocycles. The van der Waals surface area contributed by atoms with Gasteiger partial charge in [0.05, 0.1) is 0 Å². The summed E-state index contributed by atoms with van der Waals surface area (Å²) in [6.45, 7) is 6.18. The first kappa shape index (κ1) is 12.0. The van der Waals surface area contributed by atoms with Crippen LogP contribution in [0.25, 0.3) is 0 Å². The fourth-order valence-electron chi connectivity index (χ4n) is 2.91. The van der Waals surface area contributed by atoms with Crippen molar-refractivity contribution in [3.63, 3.8) is 0 Å². The Morgan fingerprint density at radius 1 is 1.26 bits per heavy atom. The Balaban J connectivity index is 2.14. The molecule has 0 fully saturated rings. The van der Waals surface area contributed by atoms with Gasteiger partial charge < -0.3 is 5.32 Å². The number of rotatable bonds is 1. The van der Waals surface area contributed by atoms with Crippen LogP contribution in [0, 0.1) is 20.8 Å². The molecule has 98 valence electrons. The second kappa shape index (κ2) is 4.23. The summed E-state index contributed by atoms with van der Waals surface area (Å²) in [6.07, 6.45) is 0.483. The lowest BCUT2D eigenvalue weighted by Crippen LogP contribution is -2.23. The number of carbonyl (C=O) groups excluding carboxylic acids is 1. The molecule has 0 aliphatic carbocycles. The maximum absolute atomic E-state index is 11.8. The van der Waals surface area contributed by atoms with Crippen molar-refractivity contribution in [3.05, 3.63) is 46.1 Å². The Morgan fingerprint density at radius 3 is 2.79 bits per heavy atom. The van der Waals surface area contributed by atoms with Crippen LogP contribution in [0.3, 0.4) is 0 Å². The number of aryl methyl sites for hydroxylation is 3. The Labute approximate surface area is 112 Å². The largest absolute Gasteiger partial charge is 0.309 e. The second-order valence-corrected chi connectivity index (χ2v) is 5.28. The molecule has 1 aromatic heterocycles. The SMILES string of the molecule is Cc1ccc([C@H]2CC(=O)Nc3n[nH]c(C)c32)c(C)c1. The van der Waals surface area contributed by atoms with Crippen LogP contribution in [0.2, 0.25) is 0 Å². The number of benzene rings is 1. The third kappa shape index (κ3) is 1.93. The van der Waals surface area contributed by atoms with Crippen LogP contribution in [-0.4, -0.2) is 16.1 Å². The first-order chi connectivity index (χ1) is 9.06. The number of amides is 1. The van der Waals surface area contributed by atoms with Gasteiger partial charge in [-0.3, -0.25) is 9.89 Å². The van der Waals surface area contributed by atoms with Gasteiger partial charge in [-0.25, -0.2) is 0 Å².